The van der Waals surface area contributed by atoms with Crippen molar-refractivity contribution in [1.82, 2.24) is 19.5 Å². The third kappa shape index (κ3) is 3.80. The van der Waals surface area contributed by atoms with Crippen molar-refractivity contribution in [2.75, 3.05) is 33.2 Å². The molecule has 0 saturated carbocycles. The lowest BCUT2D eigenvalue weighted by Crippen LogP contribution is -2.45. The summed E-state index contributed by atoms with van der Waals surface area (Å²) in [6.07, 6.45) is 2.99. The van der Waals surface area contributed by atoms with Crippen LogP contribution in [0, 0.1) is 5.82 Å². The molecule has 9 heteroatoms. The van der Waals surface area contributed by atoms with Crippen LogP contribution in [0.5, 0.6) is 0 Å². The average Bonchev–Trinajstić information content (AvgIpc) is 2.84. The zero-order valence-corrected chi connectivity index (χ0v) is 16.2. The summed E-state index contributed by atoms with van der Waals surface area (Å²) < 4.78 is 42.4. The quantitative estimate of drug-likeness (QED) is 0.843. The van der Waals surface area contributed by atoms with Gasteiger partial charge < -0.3 is 10.2 Å². The van der Waals surface area contributed by atoms with Crippen LogP contribution < -0.4 is 5.32 Å². The van der Waals surface area contributed by atoms with Crippen molar-refractivity contribution in [2.45, 2.75) is 24.3 Å². The van der Waals surface area contributed by atoms with E-state index in [0.717, 1.165) is 6.20 Å². The molecule has 0 unspecified atom stereocenters. The molecule has 1 saturated heterocycles. The minimum absolute atomic E-state index is 0.0482. The van der Waals surface area contributed by atoms with Crippen LogP contribution in [0.4, 0.5) is 4.39 Å². The highest BCUT2D eigenvalue weighted by Crippen LogP contribution is 2.29. The van der Waals surface area contributed by atoms with Crippen molar-refractivity contribution in [1.29, 1.82) is 0 Å². The molecule has 1 N–H and O–H groups in total. The Bertz CT molecular complexity index is 946. The first-order valence-corrected chi connectivity index (χ1v) is 10.3. The highest BCUT2D eigenvalue weighted by molar-refractivity contribution is 7.89. The first-order chi connectivity index (χ1) is 12.9. The monoisotopic (exact) mass is 394 g/mol. The molecule has 1 aromatic carbocycles. The number of hydrogen-bond donors (Lipinski definition) is 1. The molecule has 27 heavy (non-hydrogen) atoms. The van der Waals surface area contributed by atoms with Gasteiger partial charge >= 0.3 is 0 Å². The number of pyridine rings is 1. The van der Waals surface area contributed by atoms with Gasteiger partial charge in [-0.15, -0.1) is 0 Å². The topological polar surface area (TPSA) is 82.6 Å². The normalized spacial score (nSPS) is 19.2. The molecule has 0 spiro atoms. The van der Waals surface area contributed by atoms with Crippen LogP contribution in [0.15, 0.2) is 35.5 Å². The molecule has 2 heterocycles. The third-order valence-electron chi connectivity index (χ3n) is 4.75. The van der Waals surface area contributed by atoms with Crippen molar-refractivity contribution < 1.29 is 17.6 Å². The number of nitrogens with one attached hydrogen (secondary N) is 1. The molecular weight excluding hydrogens is 371 g/mol. The molecule has 7 nitrogen and oxygen atoms in total. The summed E-state index contributed by atoms with van der Waals surface area (Å²) >= 11 is 0. The summed E-state index contributed by atoms with van der Waals surface area (Å²) in [6, 6.07) is 4.22. The van der Waals surface area contributed by atoms with E-state index in [-0.39, 0.29) is 29.3 Å². The number of nitrogens with zero attached hydrogens (tertiary/aromatic N) is 3. The van der Waals surface area contributed by atoms with Gasteiger partial charge in [0.1, 0.15) is 0 Å². The summed E-state index contributed by atoms with van der Waals surface area (Å²) in [4.78, 5) is 17.6. The molecule has 0 radical (unpaired) electrons. The number of likely N-dealkylation sites (N-methyl/N-ethyl adjacent to an activating group) is 1. The number of amides is 1. The minimum Gasteiger partial charge on any atom is -0.340 e. The Labute approximate surface area is 158 Å². The molecule has 1 aliphatic rings. The maximum atomic E-state index is 14.4. The van der Waals surface area contributed by atoms with E-state index in [1.807, 2.05) is 0 Å². The largest absolute Gasteiger partial charge is 0.340 e. The number of sulfonamides is 1. The standard InChI is InChI=1S/C18H23FN4O3S/c1-13-12-22(17(24)11-20-2)7-4-8-23(13)27(25,26)16-6-3-5-14-9-21-10-15(19)18(14)16/h3,5-6,9-10,13,20H,4,7-8,11-12H2,1-2H3/t13-/m0/s1. The number of hydrogen-bond acceptors (Lipinski definition) is 5. The Hall–Kier alpha value is -2.10. The van der Waals surface area contributed by atoms with Gasteiger partial charge in [-0.05, 0) is 26.5 Å². The fraction of sp³-hybridized carbons (Fsp3) is 0.444. The van der Waals surface area contributed by atoms with Crippen molar-refractivity contribution in [2.24, 2.45) is 0 Å². The van der Waals surface area contributed by atoms with Gasteiger partial charge in [-0.25, -0.2) is 12.8 Å². The van der Waals surface area contributed by atoms with Gasteiger partial charge in [0, 0.05) is 42.6 Å². The zero-order chi connectivity index (χ0) is 19.6. The number of rotatable bonds is 4. The van der Waals surface area contributed by atoms with Crippen molar-refractivity contribution in [3.8, 4) is 0 Å². The van der Waals surface area contributed by atoms with Crippen LogP contribution >= 0.6 is 0 Å². The second-order valence-electron chi connectivity index (χ2n) is 6.66. The van der Waals surface area contributed by atoms with Crippen molar-refractivity contribution >= 4 is 26.7 Å². The molecule has 0 bridgehead atoms. The van der Waals surface area contributed by atoms with Crippen LogP contribution in [-0.4, -0.2) is 67.8 Å². The first kappa shape index (κ1) is 19.7. The van der Waals surface area contributed by atoms with Crippen LogP contribution in [-0.2, 0) is 14.8 Å². The zero-order valence-electron chi connectivity index (χ0n) is 15.4. The summed E-state index contributed by atoms with van der Waals surface area (Å²) in [7, 11) is -2.24. The number of fused-ring (bicyclic) bond motifs is 1. The van der Waals surface area contributed by atoms with Gasteiger partial charge in [-0.1, -0.05) is 12.1 Å². The second-order valence-corrected chi connectivity index (χ2v) is 8.52. The molecule has 1 fully saturated rings. The van der Waals surface area contributed by atoms with Crippen LogP contribution in [0.2, 0.25) is 0 Å². The highest BCUT2D eigenvalue weighted by atomic mass is 32.2. The first-order valence-electron chi connectivity index (χ1n) is 8.82. The van der Waals surface area contributed by atoms with Crippen LogP contribution in [0.25, 0.3) is 10.8 Å². The summed E-state index contributed by atoms with van der Waals surface area (Å²) in [5.74, 6) is -0.731. The van der Waals surface area contributed by atoms with E-state index in [2.05, 4.69) is 10.3 Å². The fourth-order valence-electron chi connectivity index (χ4n) is 3.49. The molecule has 0 aliphatic carbocycles. The molecule has 1 atom stereocenters. The van der Waals surface area contributed by atoms with E-state index in [1.165, 1.54) is 16.6 Å². The molecule has 2 aromatic rings. The van der Waals surface area contributed by atoms with E-state index in [0.29, 0.717) is 24.9 Å². The number of carbonyl (C=O) groups excluding carboxylic acids is 1. The Morgan fingerprint density at radius 2 is 2.11 bits per heavy atom. The van der Waals surface area contributed by atoms with Crippen molar-refractivity contribution in [3.63, 3.8) is 0 Å². The molecule has 146 valence electrons. The molecule has 1 amide bonds. The second kappa shape index (κ2) is 7.87. The maximum absolute atomic E-state index is 14.4. The Kier molecular flexibility index (Phi) is 5.73. The number of carbonyl (C=O) groups is 1. The van der Waals surface area contributed by atoms with Gasteiger partial charge in [0.2, 0.25) is 15.9 Å². The lowest BCUT2D eigenvalue weighted by molar-refractivity contribution is -0.130. The van der Waals surface area contributed by atoms with E-state index in [1.54, 1.807) is 31.0 Å². The van der Waals surface area contributed by atoms with E-state index >= 15 is 0 Å². The predicted octanol–water partition coefficient (Wildman–Crippen LogP) is 1.20. The summed E-state index contributed by atoms with van der Waals surface area (Å²) in [5, 5.41) is 3.31. The summed E-state index contributed by atoms with van der Waals surface area (Å²) in [6.45, 7) is 3.04. The predicted molar refractivity (Wildman–Crippen MR) is 100 cm³/mol. The fourth-order valence-corrected chi connectivity index (χ4v) is 5.37. The molecule has 3 rings (SSSR count). The number of benzene rings is 1. The maximum Gasteiger partial charge on any atom is 0.244 e. The Balaban J connectivity index is 1.97. The molecule has 1 aliphatic heterocycles. The summed E-state index contributed by atoms with van der Waals surface area (Å²) in [5.41, 5.74) is 0. The number of aromatic nitrogens is 1. The van der Waals surface area contributed by atoms with Gasteiger partial charge in [0.25, 0.3) is 0 Å². The third-order valence-corrected chi connectivity index (χ3v) is 6.80. The highest BCUT2D eigenvalue weighted by Gasteiger charge is 2.34. The Morgan fingerprint density at radius 3 is 2.85 bits per heavy atom. The van der Waals surface area contributed by atoms with E-state index < -0.39 is 21.9 Å². The molecule has 1 aromatic heterocycles. The SMILES string of the molecule is CNCC(=O)N1CCCN(S(=O)(=O)c2cccc3cncc(F)c23)[C@@H](C)C1. The van der Waals surface area contributed by atoms with Crippen molar-refractivity contribution in [3.05, 3.63) is 36.4 Å². The smallest absolute Gasteiger partial charge is 0.244 e. The van der Waals surface area contributed by atoms with Gasteiger partial charge in [0.05, 0.1) is 17.6 Å². The van der Waals surface area contributed by atoms with Crippen LogP contribution in [0.1, 0.15) is 13.3 Å². The molecular formula is C18H23FN4O3S. The number of halogens is 1. The van der Waals surface area contributed by atoms with Crippen LogP contribution in [0.3, 0.4) is 0 Å². The lowest BCUT2D eigenvalue weighted by atomic mass is 10.2. The van der Waals surface area contributed by atoms with Gasteiger partial charge in [-0.3, -0.25) is 9.78 Å². The Morgan fingerprint density at radius 1 is 1.33 bits per heavy atom. The average molecular weight is 394 g/mol. The van der Waals surface area contributed by atoms with Gasteiger partial charge in [-0.2, -0.15) is 4.31 Å². The lowest BCUT2D eigenvalue weighted by Gasteiger charge is -2.28. The van der Waals surface area contributed by atoms with E-state index in [4.69, 9.17) is 0 Å². The van der Waals surface area contributed by atoms with Gasteiger partial charge in [0.15, 0.2) is 5.82 Å². The van der Waals surface area contributed by atoms with E-state index in [9.17, 15) is 17.6 Å². The minimum atomic E-state index is -3.93.